The largest absolute Gasteiger partial charge is 0.494 e. The van der Waals surface area contributed by atoms with Gasteiger partial charge in [-0.25, -0.2) is 4.79 Å². The smallest absolute Gasteiger partial charge is 0.342 e. The van der Waals surface area contributed by atoms with Crippen LogP contribution in [-0.4, -0.2) is 18.1 Å². The Bertz CT molecular complexity index is 626. The topological polar surface area (TPSA) is 74.4 Å². The van der Waals surface area contributed by atoms with Gasteiger partial charge >= 0.3 is 5.97 Å². The number of nitrogens with zero attached hydrogens (tertiary/aromatic N) is 1. The molecule has 0 atom stereocenters. The zero-order chi connectivity index (χ0) is 14.5. The minimum atomic E-state index is -0.488. The number of nitrogens with two attached hydrogens (primary N) is 1. The molecule has 20 heavy (non-hydrogen) atoms. The van der Waals surface area contributed by atoms with Gasteiger partial charge in [-0.05, 0) is 31.2 Å². The van der Waals surface area contributed by atoms with Crippen molar-refractivity contribution in [2.75, 3.05) is 12.8 Å². The fourth-order valence-corrected chi connectivity index (χ4v) is 1.84. The lowest BCUT2D eigenvalue weighted by molar-refractivity contribution is 0.0464. The highest BCUT2D eigenvalue weighted by Crippen LogP contribution is 2.26. The fourth-order valence-electron chi connectivity index (χ4n) is 1.84. The van der Waals surface area contributed by atoms with E-state index in [1.54, 1.807) is 24.3 Å². The molecule has 104 valence electrons. The van der Waals surface area contributed by atoms with Gasteiger partial charge in [-0.2, -0.15) is 0 Å². The maximum absolute atomic E-state index is 12.0. The third-order valence-electron chi connectivity index (χ3n) is 2.77. The number of hydrogen-bond acceptors (Lipinski definition) is 5. The average molecular weight is 272 g/mol. The van der Waals surface area contributed by atoms with Gasteiger partial charge in [0.2, 0.25) is 0 Å². The van der Waals surface area contributed by atoms with Crippen LogP contribution in [0, 0.1) is 6.92 Å². The monoisotopic (exact) mass is 272 g/mol. The summed E-state index contributed by atoms with van der Waals surface area (Å²) in [5.41, 5.74) is 8.03. The van der Waals surface area contributed by atoms with Gasteiger partial charge in [-0.15, -0.1) is 0 Å². The number of anilines is 1. The molecule has 5 heteroatoms. The van der Waals surface area contributed by atoms with Crippen LogP contribution in [0.2, 0.25) is 0 Å². The molecule has 0 spiro atoms. The summed E-state index contributed by atoms with van der Waals surface area (Å²) in [7, 11) is 1.46. The Morgan fingerprint density at radius 1 is 1.25 bits per heavy atom. The molecule has 1 aromatic heterocycles. The van der Waals surface area contributed by atoms with Crippen LogP contribution in [-0.2, 0) is 11.3 Å². The number of hydrogen-bond donors (Lipinski definition) is 1. The van der Waals surface area contributed by atoms with Crippen molar-refractivity contribution >= 4 is 11.7 Å². The highest BCUT2D eigenvalue weighted by Gasteiger charge is 2.16. The van der Waals surface area contributed by atoms with Crippen LogP contribution >= 0.6 is 0 Å². The first-order valence-corrected chi connectivity index (χ1v) is 6.14. The Hall–Kier alpha value is -2.56. The van der Waals surface area contributed by atoms with Crippen molar-refractivity contribution in [3.05, 3.63) is 53.3 Å². The van der Waals surface area contributed by atoms with E-state index in [1.807, 2.05) is 19.1 Å². The molecule has 0 amide bonds. The number of benzene rings is 1. The van der Waals surface area contributed by atoms with Crippen molar-refractivity contribution in [3.8, 4) is 5.75 Å². The Balaban J connectivity index is 2.11. The van der Waals surface area contributed by atoms with E-state index in [0.717, 1.165) is 5.69 Å². The SMILES string of the molecule is COc1c(N)cccc1C(=O)OCc1cccc(C)n1. The summed E-state index contributed by atoms with van der Waals surface area (Å²) in [6.45, 7) is 1.99. The molecule has 0 bridgehead atoms. The van der Waals surface area contributed by atoms with Crippen LogP contribution in [0.3, 0.4) is 0 Å². The normalized spacial score (nSPS) is 10.1. The highest BCUT2D eigenvalue weighted by atomic mass is 16.5. The number of carbonyl (C=O) groups excluding carboxylic acids is 1. The molecule has 5 nitrogen and oxygen atoms in total. The zero-order valence-electron chi connectivity index (χ0n) is 11.4. The van der Waals surface area contributed by atoms with Crippen molar-refractivity contribution in [2.45, 2.75) is 13.5 Å². The molecule has 0 aliphatic carbocycles. The van der Waals surface area contributed by atoms with Crippen molar-refractivity contribution in [1.82, 2.24) is 4.98 Å². The first-order chi connectivity index (χ1) is 9.61. The van der Waals surface area contributed by atoms with E-state index >= 15 is 0 Å². The van der Waals surface area contributed by atoms with Gasteiger partial charge in [-0.3, -0.25) is 4.98 Å². The molecule has 0 aliphatic heterocycles. The van der Waals surface area contributed by atoms with Gasteiger partial charge in [-0.1, -0.05) is 12.1 Å². The molecule has 2 rings (SSSR count). The lowest BCUT2D eigenvalue weighted by Crippen LogP contribution is -2.09. The van der Waals surface area contributed by atoms with Crippen molar-refractivity contribution in [3.63, 3.8) is 0 Å². The lowest BCUT2D eigenvalue weighted by atomic mass is 10.2. The lowest BCUT2D eigenvalue weighted by Gasteiger charge is -2.10. The van der Waals surface area contributed by atoms with Gasteiger partial charge in [0.15, 0.2) is 5.75 Å². The Morgan fingerprint density at radius 3 is 2.70 bits per heavy atom. The summed E-state index contributed by atoms with van der Waals surface area (Å²) < 4.78 is 10.4. The predicted molar refractivity (Wildman–Crippen MR) is 75.5 cm³/mol. The number of aryl methyl sites for hydroxylation is 1. The summed E-state index contributed by atoms with van der Waals surface area (Å²) >= 11 is 0. The number of aromatic nitrogens is 1. The van der Waals surface area contributed by atoms with Crippen molar-refractivity contribution in [1.29, 1.82) is 0 Å². The molecule has 0 radical (unpaired) electrons. The summed E-state index contributed by atoms with van der Waals surface area (Å²) in [4.78, 5) is 16.3. The van der Waals surface area contributed by atoms with Gasteiger partial charge in [0.1, 0.15) is 12.2 Å². The molecule has 0 aliphatic rings. The number of esters is 1. The molecule has 0 unspecified atom stereocenters. The number of pyridine rings is 1. The highest BCUT2D eigenvalue weighted by molar-refractivity contribution is 5.94. The second kappa shape index (κ2) is 6.06. The van der Waals surface area contributed by atoms with E-state index in [4.69, 9.17) is 15.2 Å². The second-order valence-corrected chi connectivity index (χ2v) is 4.27. The zero-order valence-corrected chi connectivity index (χ0v) is 11.4. The molecule has 0 saturated heterocycles. The van der Waals surface area contributed by atoms with Crippen LogP contribution in [0.15, 0.2) is 36.4 Å². The van der Waals surface area contributed by atoms with Gasteiger partial charge in [0.25, 0.3) is 0 Å². The fraction of sp³-hybridized carbons (Fsp3) is 0.200. The molecule has 2 N–H and O–H groups in total. The standard InChI is InChI=1S/C15H16N2O3/c1-10-5-3-6-11(17-10)9-20-15(18)12-7-4-8-13(16)14(12)19-2/h3-8H,9,16H2,1-2H3. The molecular weight excluding hydrogens is 256 g/mol. The number of methoxy groups -OCH3 is 1. The van der Waals surface area contributed by atoms with Crippen LogP contribution in [0.4, 0.5) is 5.69 Å². The Morgan fingerprint density at radius 2 is 2.00 bits per heavy atom. The minimum Gasteiger partial charge on any atom is -0.494 e. The van der Waals surface area contributed by atoms with Crippen LogP contribution in [0.25, 0.3) is 0 Å². The average Bonchev–Trinajstić information content (AvgIpc) is 2.44. The Kier molecular flexibility index (Phi) is 4.20. The van der Waals surface area contributed by atoms with E-state index in [1.165, 1.54) is 7.11 Å². The molecule has 2 aromatic rings. The number of carbonyl (C=O) groups is 1. The third-order valence-corrected chi connectivity index (χ3v) is 2.77. The van der Waals surface area contributed by atoms with E-state index < -0.39 is 5.97 Å². The van der Waals surface area contributed by atoms with Gasteiger partial charge in [0, 0.05) is 5.69 Å². The van der Waals surface area contributed by atoms with E-state index in [2.05, 4.69) is 4.98 Å². The summed E-state index contributed by atoms with van der Waals surface area (Å²) in [5.74, 6) is -0.160. The van der Waals surface area contributed by atoms with E-state index in [-0.39, 0.29) is 6.61 Å². The van der Waals surface area contributed by atoms with E-state index in [0.29, 0.717) is 22.7 Å². The van der Waals surface area contributed by atoms with Gasteiger partial charge in [0.05, 0.1) is 18.5 Å². The van der Waals surface area contributed by atoms with Crippen LogP contribution in [0.1, 0.15) is 21.7 Å². The first-order valence-electron chi connectivity index (χ1n) is 6.14. The molecule has 1 heterocycles. The van der Waals surface area contributed by atoms with Gasteiger partial charge < -0.3 is 15.2 Å². The maximum Gasteiger partial charge on any atom is 0.342 e. The van der Waals surface area contributed by atoms with Crippen molar-refractivity contribution < 1.29 is 14.3 Å². The summed E-state index contributed by atoms with van der Waals surface area (Å²) in [6, 6.07) is 10.5. The summed E-state index contributed by atoms with van der Waals surface area (Å²) in [5, 5.41) is 0. The van der Waals surface area contributed by atoms with Crippen LogP contribution < -0.4 is 10.5 Å². The van der Waals surface area contributed by atoms with Crippen LogP contribution in [0.5, 0.6) is 5.75 Å². The minimum absolute atomic E-state index is 0.110. The Labute approximate surface area is 117 Å². The summed E-state index contributed by atoms with van der Waals surface area (Å²) in [6.07, 6.45) is 0. The second-order valence-electron chi connectivity index (χ2n) is 4.27. The third kappa shape index (κ3) is 3.06. The quantitative estimate of drug-likeness (QED) is 0.683. The molecule has 1 aromatic carbocycles. The predicted octanol–water partition coefficient (Wildman–Crippen LogP) is 2.34. The first kappa shape index (κ1) is 13.9. The molecule has 0 saturated carbocycles. The maximum atomic E-state index is 12.0. The number of ether oxygens (including phenoxy) is 2. The van der Waals surface area contributed by atoms with E-state index in [9.17, 15) is 4.79 Å². The number of rotatable bonds is 4. The number of para-hydroxylation sites is 1. The molecular formula is C15H16N2O3. The molecule has 0 fully saturated rings. The van der Waals surface area contributed by atoms with Crippen molar-refractivity contribution in [2.24, 2.45) is 0 Å². The number of nitrogen functional groups attached to an aromatic ring is 1.